The van der Waals surface area contributed by atoms with Gasteiger partial charge in [0.1, 0.15) is 5.75 Å². The van der Waals surface area contributed by atoms with Crippen molar-refractivity contribution in [2.45, 2.75) is 25.9 Å². The Balaban J connectivity index is 1.67. The SMILES string of the molecule is NCCCn1cc(-c2ccc(OC(F)(F)F)cc2)c2cc(CN3CCOCC3)ccc21. The van der Waals surface area contributed by atoms with E-state index in [2.05, 4.69) is 38.6 Å². The van der Waals surface area contributed by atoms with Crippen molar-refractivity contribution < 1.29 is 22.6 Å². The van der Waals surface area contributed by atoms with E-state index in [4.69, 9.17) is 10.5 Å². The minimum absolute atomic E-state index is 0.226. The van der Waals surface area contributed by atoms with Crippen LogP contribution in [0.3, 0.4) is 0 Å². The van der Waals surface area contributed by atoms with Gasteiger partial charge >= 0.3 is 6.36 Å². The van der Waals surface area contributed by atoms with Crippen molar-refractivity contribution >= 4 is 10.9 Å². The summed E-state index contributed by atoms with van der Waals surface area (Å²) in [5, 5.41) is 1.08. The first-order valence-electron chi connectivity index (χ1n) is 10.4. The normalized spacial score (nSPS) is 15.5. The van der Waals surface area contributed by atoms with Gasteiger partial charge in [-0.25, -0.2) is 0 Å². The third-order valence-corrected chi connectivity index (χ3v) is 5.46. The second-order valence-electron chi connectivity index (χ2n) is 7.69. The van der Waals surface area contributed by atoms with Crippen LogP contribution in [0.1, 0.15) is 12.0 Å². The molecule has 1 aliphatic heterocycles. The molecule has 8 heteroatoms. The number of fused-ring (bicyclic) bond motifs is 1. The van der Waals surface area contributed by atoms with Crippen LogP contribution in [0.15, 0.2) is 48.7 Å². The number of benzene rings is 2. The number of aromatic nitrogens is 1. The van der Waals surface area contributed by atoms with Gasteiger partial charge in [-0.3, -0.25) is 4.90 Å². The van der Waals surface area contributed by atoms with Crippen LogP contribution in [-0.2, 0) is 17.8 Å². The van der Waals surface area contributed by atoms with E-state index in [1.165, 1.54) is 17.7 Å². The average Bonchev–Trinajstić information content (AvgIpc) is 3.10. The van der Waals surface area contributed by atoms with Gasteiger partial charge in [0.15, 0.2) is 0 Å². The van der Waals surface area contributed by atoms with E-state index in [0.29, 0.717) is 6.54 Å². The Hall–Kier alpha value is -2.55. The fourth-order valence-corrected chi connectivity index (χ4v) is 3.97. The van der Waals surface area contributed by atoms with Gasteiger partial charge in [-0.1, -0.05) is 18.2 Å². The van der Waals surface area contributed by atoms with Crippen molar-refractivity contribution in [3.63, 3.8) is 0 Å². The monoisotopic (exact) mass is 433 g/mol. The number of nitrogens with two attached hydrogens (primary N) is 1. The number of alkyl halides is 3. The van der Waals surface area contributed by atoms with Gasteiger partial charge in [-0.15, -0.1) is 13.2 Å². The molecule has 0 amide bonds. The fourth-order valence-electron chi connectivity index (χ4n) is 3.97. The molecule has 1 aliphatic rings. The van der Waals surface area contributed by atoms with Crippen molar-refractivity contribution in [1.29, 1.82) is 0 Å². The Labute approximate surface area is 179 Å². The zero-order valence-corrected chi connectivity index (χ0v) is 17.2. The van der Waals surface area contributed by atoms with Crippen LogP contribution in [-0.4, -0.2) is 48.7 Å². The number of ether oxygens (including phenoxy) is 2. The Morgan fingerprint density at radius 3 is 2.45 bits per heavy atom. The quantitative estimate of drug-likeness (QED) is 0.601. The third-order valence-electron chi connectivity index (χ3n) is 5.46. The average molecular weight is 433 g/mol. The molecule has 1 aromatic heterocycles. The number of rotatable bonds is 7. The topological polar surface area (TPSA) is 52.7 Å². The van der Waals surface area contributed by atoms with E-state index in [9.17, 15) is 13.2 Å². The second kappa shape index (κ2) is 9.30. The molecule has 2 N–H and O–H groups in total. The molecule has 1 saturated heterocycles. The highest BCUT2D eigenvalue weighted by Crippen LogP contribution is 2.34. The number of halogens is 3. The summed E-state index contributed by atoms with van der Waals surface area (Å²) in [6, 6.07) is 12.5. The summed E-state index contributed by atoms with van der Waals surface area (Å²) < 4.78 is 49.1. The van der Waals surface area contributed by atoms with Gasteiger partial charge < -0.3 is 19.8 Å². The summed E-state index contributed by atoms with van der Waals surface area (Å²) in [6.07, 6.45) is -1.80. The highest BCUT2D eigenvalue weighted by molar-refractivity contribution is 5.96. The number of morpholine rings is 1. The maximum absolute atomic E-state index is 12.5. The van der Waals surface area contributed by atoms with Gasteiger partial charge in [0.05, 0.1) is 13.2 Å². The van der Waals surface area contributed by atoms with Crippen LogP contribution >= 0.6 is 0 Å². The highest BCUT2D eigenvalue weighted by Gasteiger charge is 2.31. The molecule has 0 unspecified atom stereocenters. The van der Waals surface area contributed by atoms with E-state index in [1.54, 1.807) is 12.1 Å². The first-order valence-corrected chi connectivity index (χ1v) is 10.4. The van der Waals surface area contributed by atoms with Crippen molar-refractivity contribution in [3.8, 4) is 16.9 Å². The van der Waals surface area contributed by atoms with E-state index in [0.717, 1.165) is 67.8 Å². The maximum atomic E-state index is 12.5. The van der Waals surface area contributed by atoms with Crippen molar-refractivity contribution in [2.75, 3.05) is 32.8 Å². The van der Waals surface area contributed by atoms with Gasteiger partial charge in [0, 0.05) is 48.8 Å². The van der Waals surface area contributed by atoms with E-state index in [1.807, 2.05) is 0 Å². The van der Waals surface area contributed by atoms with Crippen molar-refractivity contribution in [1.82, 2.24) is 9.47 Å². The summed E-state index contributed by atoms with van der Waals surface area (Å²) in [5.74, 6) is -0.226. The van der Waals surface area contributed by atoms with Crippen molar-refractivity contribution in [3.05, 3.63) is 54.2 Å². The Kier molecular flexibility index (Phi) is 6.50. The zero-order chi connectivity index (χ0) is 21.8. The smallest absolute Gasteiger partial charge is 0.406 e. The molecule has 0 saturated carbocycles. The lowest BCUT2D eigenvalue weighted by Crippen LogP contribution is -2.35. The number of aryl methyl sites for hydroxylation is 1. The summed E-state index contributed by atoms with van der Waals surface area (Å²) in [6.45, 7) is 5.51. The maximum Gasteiger partial charge on any atom is 0.573 e. The van der Waals surface area contributed by atoms with Crippen LogP contribution in [0.25, 0.3) is 22.0 Å². The standard InChI is InChI=1S/C23H26F3N3O2/c24-23(25,26)31-19-5-3-18(4-6-19)21-16-29(9-1-8-27)22-7-2-17(14-20(21)22)15-28-10-12-30-13-11-28/h2-7,14,16H,1,8-13,15,27H2. The molecule has 0 atom stereocenters. The Morgan fingerprint density at radius 1 is 1.03 bits per heavy atom. The minimum atomic E-state index is -4.70. The molecule has 0 spiro atoms. The van der Waals surface area contributed by atoms with Gasteiger partial charge in [-0.2, -0.15) is 0 Å². The lowest BCUT2D eigenvalue weighted by molar-refractivity contribution is -0.274. The molecular formula is C23H26F3N3O2. The molecule has 4 rings (SSSR count). The minimum Gasteiger partial charge on any atom is -0.406 e. The highest BCUT2D eigenvalue weighted by atomic mass is 19.4. The molecule has 0 radical (unpaired) electrons. The largest absolute Gasteiger partial charge is 0.573 e. The van der Waals surface area contributed by atoms with Gasteiger partial charge in [0.2, 0.25) is 0 Å². The van der Waals surface area contributed by atoms with Crippen LogP contribution < -0.4 is 10.5 Å². The summed E-state index contributed by atoms with van der Waals surface area (Å²) in [5.41, 5.74) is 9.81. The molecule has 0 aliphatic carbocycles. The van der Waals surface area contributed by atoms with Crippen LogP contribution in [0, 0.1) is 0 Å². The summed E-state index contributed by atoms with van der Waals surface area (Å²) >= 11 is 0. The lowest BCUT2D eigenvalue weighted by atomic mass is 10.0. The summed E-state index contributed by atoms with van der Waals surface area (Å²) in [4.78, 5) is 2.36. The number of nitrogens with zero attached hydrogens (tertiary/aromatic N) is 2. The third kappa shape index (κ3) is 5.39. The fraction of sp³-hybridized carbons (Fsp3) is 0.391. The lowest BCUT2D eigenvalue weighted by Gasteiger charge is -2.26. The predicted molar refractivity (Wildman–Crippen MR) is 114 cm³/mol. The number of hydrogen-bond donors (Lipinski definition) is 1. The van der Waals surface area contributed by atoms with Crippen molar-refractivity contribution in [2.24, 2.45) is 5.73 Å². The van der Waals surface area contributed by atoms with E-state index in [-0.39, 0.29) is 5.75 Å². The second-order valence-corrected chi connectivity index (χ2v) is 7.69. The van der Waals surface area contributed by atoms with Crippen LogP contribution in [0.4, 0.5) is 13.2 Å². The molecule has 2 heterocycles. The van der Waals surface area contributed by atoms with Gasteiger partial charge in [-0.05, 0) is 48.4 Å². The molecule has 31 heavy (non-hydrogen) atoms. The molecule has 3 aromatic rings. The first kappa shape index (κ1) is 21.7. The molecular weight excluding hydrogens is 407 g/mol. The molecule has 0 bridgehead atoms. The molecule has 2 aromatic carbocycles. The molecule has 1 fully saturated rings. The van der Waals surface area contributed by atoms with E-state index >= 15 is 0 Å². The summed E-state index contributed by atoms with van der Waals surface area (Å²) in [7, 11) is 0. The van der Waals surface area contributed by atoms with Crippen LogP contribution in [0.2, 0.25) is 0 Å². The van der Waals surface area contributed by atoms with Crippen LogP contribution in [0.5, 0.6) is 5.75 Å². The van der Waals surface area contributed by atoms with E-state index < -0.39 is 6.36 Å². The Morgan fingerprint density at radius 2 is 1.77 bits per heavy atom. The van der Waals surface area contributed by atoms with Gasteiger partial charge in [0.25, 0.3) is 0 Å². The molecule has 166 valence electrons. The predicted octanol–water partition coefficient (Wildman–Crippen LogP) is 4.39. The Bertz CT molecular complexity index is 1010. The number of hydrogen-bond acceptors (Lipinski definition) is 4. The molecule has 5 nitrogen and oxygen atoms in total. The first-order chi connectivity index (χ1) is 14.9. The zero-order valence-electron chi connectivity index (χ0n) is 17.2.